The second kappa shape index (κ2) is 7.96. The number of imide groups is 1. The molecule has 0 radical (unpaired) electrons. The molecule has 2 aliphatic rings. The summed E-state index contributed by atoms with van der Waals surface area (Å²) in [5.41, 5.74) is -0.677. The molecule has 1 aromatic rings. The smallest absolute Gasteiger partial charge is 0.328 e. The molecule has 1 aromatic carbocycles. The average Bonchev–Trinajstić information content (AvgIpc) is 2.61. The highest BCUT2D eigenvalue weighted by molar-refractivity contribution is 6.05. The van der Waals surface area contributed by atoms with Gasteiger partial charge in [0.05, 0.1) is 5.92 Å². The van der Waals surface area contributed by atoms with Gasteiger partial charge in [0.1, 0.15) is 11.3 Å². The van der Waals surface area contributed by atoms with Gasteiger partial charge in [0.25, 0.3) is 0 Å². The van der Waals surface area contributed by atoms with Gasteiger partial charge in [-0.3, -0.25) is 19.8 Å². The summed E-state index contributed by atoms with van der Waals surface area (Å²) in [5, 5.41) is 2.05. The summed E-state index contributed by atoms with van der Waals surface area (Å²) in [7, 11) is 0. The van der Waals surface area contributed by atoms with Crippen LogP contribution in [0.4, 0.5) is 25.0 Å². The molecule has 3 amide bonds. The van der Waals surface area contributed by atoms with Gasteiger partial charge in [-0.1, -0.05) is 0 Å². The monoisotopic (exact) mass is 409 g/mol. The van der Waals surface area contributed by atoms with Gasteiger partial charge in [-0.2, -0.15) is 0 Å². The molecule has 2 aliphatic heterocycles. The molecular weight excluding hydrogens is 384 g/mol. The Morgan fingerprint density at radius 2 is 1.69 bits per heavy atom. The van der Waals surface area contributed by atoms with Crippen molar-refractivity contribution in [1.82, 2.24) is 5.32 Å². The van der Waals surface area contributed by atoms with Crippen molar-refractivity contribution in [1.29, 1.82) is 0 Å². The van der Waals surface area contributed by atoms with Crippen LogP contribution in [0.3, 0.4) is 0 Å². The lowest BCUT2D eigenvalue weighted by molar-refractivity contribution is -0.160. The fraction of sp³-hybridized carbons (Fsp3) is 0.550. The second-order valence-electron chi connectivity index (χ2n) is 8.31. The lowest BCUT2D eigenvalue weighted by Crippen LogP contribution is -2.50. The molecule has 0 spiro atoms. The summed E-state index contributed by atoms with van der Waals surface area (Å²) in [5.74, 6) is -2.72. The number of amides is 3. The van der Waals surface area contributed by atoms with Crippen LogP contribution in [0.2, 0.25) is 0 Å². The minimum atomic E-state index is -0.876. The van der Waals surface area contributed by atoms with Crippen LogP contribution in [-0.4, -0.2) is 43.1 Å². The second-order valence-corrected chi connectivity index (χ2v) is 8.31. The molecule has 0 aromatic heterocycles. The standard InChI is InChI=1S/C20H25F2N3O4/c1-20(2,3)29-18(27)12-4-7-24(8-5-12)13-10-14(21)17(15(22)11-13)25-9-6-16(26)23-19(25)28/h10-12H,4-9H2,1-3H3,(H,23,26,28). The highest BCUT2D eigenvalue weighted by atomic mass is 19.1. The minimum absolute atomic E-state index is 0.0233. The largest absolute Gasteiger partial charge is 0.460 e. The van der Waals surface area contributed by atoms with Crippen LogP contribution >= 0.6 is 0 Å². The number of urea groups is 1. The molecule has 9 heteroatoms. The number of nitrogens with zero attached hydrogens (tertiary/aromatic N) is 2. The number of esters is 1. The van der Waals surface area contributed by atoms with E-state index in [1.165, 1.54) is 12.1 Å². The van der Waals surface area contributed by atoms with E-state index >= 15 is 0 Å². The quantitative estimate of drug-likeness (QED) is 0.777. The zero-order valence-corrected chi connectivity index (χ0v) is 16.8. The Labute approximate surface area is 168 Å². The van der Waals surface area contributed by atoms with E-state index in [0.29, 0.717) is 31.6 Å². The van der Waals surface area contributed by atoms with Crippen molar-refractivity contribution in [3.05, 3.63) is 23.8 Å². The summed E-state index contributed by atoms with van der Waals surface area (Å²) < 4.78 is 34.7. The summed E-state index contributed by atoms with van der Waals surface area (Å²) >= 11 is 0. The predicted molar refractivity (Wildman–Crippen MR) is 103 cm³/mol. The Hall–Kier alpha value is -2.71. The van der Waals surface area contributed by atoms with Gasteiger partial charge in [-0.15, -0.1) is 0 Å². The number of benzene rings is 1. The molecule has 0 bridgehead atoms. The van der Waals surface area contributed by atoms with Crippen molar-refractivity contribution < 1.29 is 27.9 Å². The molecule has 0 atom stereocenters. The van der Waals surface area contributed by atoms with E-state index < -0.39 is 34.9 Å². The molecule has 7 nitrogen and oxygen atoms in total. The van der Waals surface area contributed by atoms with Crippen molar-refractivity contribution in [2.75, 3.05) is 29.4 Å². The number of hydrogen-bond donors (Lipinski definition) is 1. The maximum absolute atomic E-state index is 14.7. The SMILES string of the molecule is CC(C)(C)OC(=O)C1CCN(c2cc(F)c(N3CCC(=O)NC3=O)c(F)c2)CC1. The topological polar surface area (TPSA) is 79.0 Å². The molecule has 0 aliphatic carbocycles. The van der Waals surface area contributed by atoms with Gasteiger partial charge in [0.15, 0.2) is 11.6 Å². The first-order valence-corrected chi connectivity index (χ1v) is 9.63. The van der Waals surface area contributed by atoms with E-state index in [4.69, 9.17) is 4.74 Å². The molecule has 2 saturated heterocycles. The van der Waals surface area contributed by atoms with Crippen LogP contribution in [0.25, 0.3) is 0 Å². The number of carbonyl (C=O) groups is 3. The summed E-state index contributed by atoms with van der Waals surface area (Å²) in [4.78, 5) is 38.1. The number of hydrogen-bond acceptors (Lipinski definition) is 5. The van der Waals surface area contributed by atoms with Gasteiger partial charge in [0, 0.05) is 31.7 Å². The highest BCUT2D eigenvalue weighted by Crippen LogP contribution is 2.32. The minimum Gasteiger partial charge on any atom is -0.460 e. The van der Waals surface area contributed by atoms with E-state index in [1.807, 2.05) is 20.8 Å². The fourth-order valence-electron chi connectivity index (χ4n) is 3.53. The van der Waals surface area contributed by atoms with E-state index in [-0.39, 0.29) is 24.9 Å². The van der Waals surface area contributed by atoms with Crippen LogP contribution < -0.4 is 15.1 Å². The zero-order valence-electron chi connectivity index (χ0n) is 16.8. The Balaban J connectivity index is 1.69. The predicted octanol–water partition coefficient (Wildman–Crippen LogP) is 2.97. The Morgan fingerprint density at radius 1 is 1.10 bits per heavy atom. The Kier molecular flexibility index (Phi) is 5.77. The van der Waals surface area contributed by atoms with Crippen molar-refractivity contribution in [2.24, 2.45) is 5.92 Å². The maximum atomic E-state index is 14.7. The van der Waals surface area contributed by atoms with Crippen LogP contribution in [0, 0.1) is 17.6 Å². The van der Waals surface area contributed by atoms with Gasteiger partial charge < -0.3 is 9.64 Å². The molecule has 158 valence electrons. The zero-order chi connectivity index (χ0) is 21.3. The van der Waals surface area contributed by atoms with Gasteiger partial charge in [-0.25, -0.2) is 13.6 Å². The van der Waals surface area contributed by atoms with Crippen molar-refractivity contribution in [2.45, 2.75) is 45.6 Å². The molecule has 3 rings (SSSR count). The van der Waals surface area contributed by atoms with Crippen molar-refractivity contribution in [3.8, 4) is 0 Å². The summed E-state index contributed by atoms with van der Waals surface area (Å²) in [6.45, 7) is 6.27. The third kappa shape index (κ3) is 4.83. The third-order valence-corrected chi connectivity index (χ3v) is 4.93. The highest BCUT2D eigenvalue weighted by Gasteiger charge is 2.32. The molecule has 0 unspecified atom stereocenters. The third-order valence-electron chi connectivity index (χ3n) is 4.93. The number of rotatable bonds is 3. The maximum Gasteiger partial charge on any atom is 0.328 e. The first kappa shape index (κ1) is 21.0. The molecular formula is C20H25F2N3O4. The first-order valence-electron chi connectivity index (χ1n) is 9.63. The van der Waals surface area contributed by atoms with Gasteiger partial charge in [0.2, 0.25) is 5.91 Å². The molecule has 2 fully saturated rings. The van der Waals surface area contributed by atoms with E-state index in [1.54, 1.807) is 4.90 Å². The van der Waals surface area contributed by atoms with Crippen molar-refractivity contribution >= 4 is 29.3 Å². The molecule has 1 N–H and O–H groups in total. The van der Waals surface area contributed by atoms with Crippen LogP contribution in [-0.2, 0) is 14.3 Å². The van der Waals surface area contributed by atoms with Crippen LogP contribution in [0.5, 0.6) is 0 Å². The number of piperidine rings is 1. The van der Waals surface area contributed by atoms with E-state index in [2.05, 4.69) is 5.32 Å². The number of carbonyl (C=O) groups excluding carboxylic acids is 3. The molecule has 2 heterocycles. The van der Waals surface area contributed by atoms with Crippen molar-refractivity contribution in [3.63, 3.8) is 0 Å². The molecule has 29 heavy (non-hydrogen) atoms. The number of anilines is 2. The first-order chi connectivity index (χ1) is 13.5. The summed E-state index contributed by atoms with van der Waals surface area (Å²) in [6, 6.07) is 1.51. The average molecular weight is 409 g/mol. The molecule has 0 saturated carbocycles. The normalized spacial score (nSPS) is 18.7. The van der Waals surface area contributed by atoms with Gasteiger partial charge in [-0.05, 0) is 45.7 Å². The van der Waals surface area contributed by atoms with Gasteiger partial charge >= 0.3 is 12.0 Å². The van der Waals surface area contributed by atoms with E-state index in [9.17, 15) is 23.2 Å². The van der Waals surface area contributed by atoms with Crippen LogP contribution in [0.1, 0.15) is 40.0 Å². The van der Waals surface area contributed by atoms with Crippen LogP contribution in [0.15, 0.2) is 12.1 Å². The lowest BCUT2D eigenvalue weighted by Gasteiger charge is -2.34. The Bertz CT molecular complexity index is 807. The Morgan fingerprint density at radius 3 is 2.21 bits per heavy atom. The summed E-state index contributed by atoms with van der Waals surface area (Å²) in [6.07, 6.45) is 1.03. The number of halogens is 2. The fourth-order valence-corrected chi connectivity index (χ4v) is 3.53. The number of nitrogens with one attached hydrogen (secondary N) is 1. The van der Waals surface area contributed by atoms with E-state index in [0.717, 1.165) is 4.90 Å². The number of ether oxygens (including phenoxy) is 1. The lowest BCUT2D eigenvalue weighted by atomic mass is 9.96.